The molecule has 0 aliphatic heterocycles. The van der Waals surface area contributed by atoms with Crippen LogP contribution in [0.2, 0.25) is 5.02 Å². The second-order valence-electron chi connectivity index (χ2n) is 7.44. The van der Waals surface area contributed by atoms with E-state index < -0.39 is 27.1 Å². The first-order chi connectivity index (χ1) is 16.5. The SMILES string of the molecule is Cc1[nH]c2ccc(OS(N)(=O)=O)c(C(=O)c3ccc(Cl)cc3)c2c1CC(=O)NCCCO[N+](=O)[O-]. The number of hydrogen-bond acceptors (Lipinski definition) is 8. The average Bonchev–Trinajstić information content (AvgIpc) is 3.07. The minimum absolute atomic E-state index is 0.0922. The summed E-state index contributed by atoms with van der Waals surface area (Å²) in [5, 5.41) is 17.7. The van der Waals surface area contributed by atoms with Crippen molar-refractivity contribution < 1.29 is 32.1 Å². The van der Waals surface area contributed by atoms with E-state index in [0.29, 0.717) is 27.2 Å². The molecule has 2 aromatic carbocycles. The highest BCUT2D eigenvalue weighted by Crippen LogP contribution is 2.35. The lowest BCUT2D eigenvalue weighted by Crippen LogP contribution is -2.27. The van der Waals surface area contributed by atoms with Gasteiger partial charge in [-0.3, -0.25) is 9.59 Å². The molecule has 3 aromatic rings. The molecule has 1 aromatic heterocycles. The number of fused-ring (bicyclic) bond motifs is 1. The first-order valence-electron chi connectivity index (χ1n) is 10.2. The summed E-state index contributed by atoms with van der Waals surface area (Å²) >= 11 is 5.92. The van der Waals surface area contributed by atoms with Crippen LogP contribution in [0.5, 0.6) is 5.75 Å². The minimum atomic E-state index is -4.47. The van der Waals surface area contributed by atoms with Gasteiger partial charge in [0.05, 0.1) is 18.6 Å². The highest BCUT2D eigenvalue weighted by atomic mass is 35.5. The monoisotopic (exact) mass is 524 g/mol. The van der Waals surface area contributed by atoms with Crippen LogP contribution < -0.4 is 14.6 Å². The molecule has 35 heavy (non-hydrogen) atoms. The van der Waals surface area contributed by atoms with Gasteiger partial charge >= 0.3 is 10.3 Å². The van der Waals surface area contributed by atoms with Crippen LogP contribution in [-0.4, -0.2) is 43.3 Å². The van der Waals surface area contributed by atoms with Crippen molar-refractivity contribution in [1.29, 1.82) is 0 Å². The molecule has 0 saturated heterocycles. The van der Waals surface area contributed by atoms with Crippen molar-refractivity contribution in [2.24, 2.45) is 5.14 Å². The Hall–Kier alpha value is -3.68. The number of halogens is 1. The number of aryl methyl sites for hydroxylation is 1. The number of hydrogen-bond donors (Lipinski definition) is 3. The number of H-pyrrole nitrogens is 1. The first-order valence-corrected chi connectivity index (χ1v) is 12.0. The molecule has 0 unspecified atom stereocenters. The number of nitrogens with one attached hydrogen (secondary N) is 2. The molecule has 0 atom stereocenters. The number of carbonyl (C=O) groups excluding carboxylic acids is 2. The number of nitrogens with zero attached hydrogens (tertiary/aromatic N) is 1. The van der Waals surface area contributed by atoms with Gasteiger partial charge in [-0.1, -0.05) is 11.6 Å². The second kappa shape index (κ2) is 10.7. The minimum Gasteiger partial charge on any atom is -0.370 e. The Labute approximate surface area is 204 Å². The highest BCUT2D eigenvalue weighted by Gasteiger charge is 2.25. The third-order valence-electron chi connectivity index (χ3n) is 4.96. The molecule has 1 amide bonds. The number of amides is 1. The fraction of sp³-hybridized carbons (Fsp3) is 0.238. The van der Waals surface area contributed by atoms with E-state index in [-0.39, 0.29) is 42.9 Å². The zero-order valence-corrected chi connectivity index (χ0v) is 19.9. The van der Waals surface area contributed by atoms with Gasteiger partial charge in [-0.05, 0) is 55.3 Å². The largest absolute Gasteiger partial charge is 0.380 e. The third-order valence-corrected chi connectivity index (χ3v) is 5.62. The van der Waals surface area contributed by atoms with Crippen LogP contribution in [0, 0.1) is 17.0 Å². The Bertz CT molecular complexity index is 1390. The van der Waals surface area contributed by atoms with Gasteiger partial charge in [-0.2, -0.15) is 13.6 Å². The molecular weight excluding hydrogens is 504 g/mol. The molecule has 0 saturated carbocycles. The van der Waals surface area contributed by atoms with Gasteiger partial charge in [-0.15, -0.1) is 10.1 Å². The molecule has 12 nitrogen and oxygen atoms in total. The summed E-state index contributed by atoms with van der Waals surface area (Å²) in [6.45, 7) is 1.65. The molecular formula is C21H21ClN4O8S. The van der Waals surface area contributed by atoms with E-state index >= 15 is 0 Å². The summed E-state index contributed by atoms with van der Waals surface area (Å²) in [6.07, 6.45) is 0.0495. The Balaban J connectivity index is 2.01. The van der Waals surface area contributed by atoms with E-state index in [1.54, 1.807) is 6.92 Å². The molecule has 0 aliphatic carbocycles. The number of carbonyl (C=O) groups is 2. The summed E-state index contributed by atoms with van der Waals surface area (Å²) in [7, 11) is -4.47. The zero-order chi connectivity index (χ0) is 25.8. The number of aromatic amines is 1. The highest BCUT2D eigenvalue weighted by molar-refractivity contribution is 7.84. The Morgan fingerprint density at radius 1 is 1.20 bits per heavy atom. The van der Waals surface area contributed by atoms with Crippen LogP contribution in [-0.2, 0) is 26.4 Å². The van der Waals surface area contributed by atoms with Crippen LogP contribution in [0.25, 0.3) is 10.9 Å². The normalized spacial score (nSPS) is 11.3. The fourth-order valence-corrected chi connectivity index (χ4v) is 4.03. The van der Waals surface area contributed by atoms with Gasteiger partial charge in [0.25, 0.3) is 5.09 Å². The summed E-state index contributed by atoms with van der Waals surface area (Å²) in [5.74, 6) is -1.28. The quantitative estimate of drug-likeness (QED) is 0.147. The van der Waals surface area contributed by atoms with Gasteiger partial charge in [0.1, 0.15) is 0 Å². The number of aromatic nitrogens is 1. The Morgan fingerprint density at radius 3 is 2.51 bits per heavy atom. The van der Waals surface area contributed by atoms with Gasteiger partial charge in [-0.25, -0.2) is 0 Å². The van der Waals surface area contributed by atoms with Crippen molar-refractivity contribution in [1.82, 2.24) is 10.3 Å². The molecule has 0 bridgehead atoms. The third kappa shape index (κ3) is 6.68. The molecule has 4 N–H and O–H groups in total. The average molecular weight is 525 g/mol. The van der Waals surface area contributed by atoms with Crippen LogP contribution >= 0.6 is 11.6 Å². The predicted octanol–water partition coefficient (Wildman–Crippen LogP) is 2.20. The summed E-state index contributed by atoms with van der Waals surface area (Å²) < 4.78 is 28.3. The van der Waals surface area contributed by atoms with Crippen molar-refractivity contribution in [2.45, 2.75) is 19.8 Å². The van der Waals surface area contributed by atoms with E-state index in [1.165, 1.54) is 36.4 Å². The molecule has 0 spiro atoms. The van der Waals surface area contributed by atoms with Gasteiger partial charge in [0.15, 0.2) is 11.5 Å². The van der Waals surface area contributed by atoms with Gasteiger partial charge in [0.2, 0.25) is 5.91 Å². The smallest absolute Gasteiger partial charge is 0.370 e. The molecule has 0 radical (unpaired) electrons. The first kappa shape index (κ1) is 25.9. The number of ketones is 1. The van der Waals surface area contributed by atoms with Crippen molar-refractivity contribution in [3.05, 3.63) is 73.9 Å². The van der Waals surface area contributed by atoms with Crippen molar-refractivity contribution in [3.8, 4) is 5.75 Å². The van der Waals surface area contributed by atoms with Gasteiger partial charge < -0.3 is 19.3 Å². The summed E-state index contributed by atoms with van der Waals surface area (Å²) in [5.41, 5.74) is 1.61. The maximum atomic E-state index is 13.5. The Kier molecular flexibility index (Phi) is 7.94. The maximum absolute atomic E-state index is 13.5. The van der Waals surface area contributed by atoms with Crippen molar-refractivity contribution >= 4 is 44.5 Å². The molecule has 1 heterocycles. The van der Waals surface area contributed by atoms with Crippen LogP contribution in [0.1, 0.15) is 33.6 Å². The molecule has 0 aliphatic rings. The number of benzene rings is 2. The predicted molar refractivity (Wildman–Crippen MR) is 126 cm³/mol. The standard InChI is InChI=1S/C21H21ClN4O8S/c1-12-15(11-18(27)24-9-2-10-33-26(29)30)19-16(25-12)7-8-17(34-35(23,31)32)20(19)21(28)13-3-5-14(22)6-4-13/h3-8,25H,2,9-11H2,1H3,(H,24,27)(H2,23,31,32). The van der Waals surface area contributed by atoms with Crippen LogP contribution in [0.3, 0.4) is 0 Å². The van der Waals surface area contributed by atoms with E-state index in [0.717, 1.165) is 0 Å². The lowest BCUT2D eigenvalue weighted by Gasteiger charge is -2.12. The molecule has 0 fully saturated rings. The zero-order valence-electron chi connectivity index (χ0n) is 18.4. The number of rotatable bonds is 11. The van der Waals surface area contributed by atoms with E-state index in [2.05, 4.69) is 15.1 Å². The maximum Gasteiger partial charge on any atom is 0.380 e. The fourth-order valence-electron chi connectivity index (χ4n) is 3.51. The van der Waals surface area contributed by atoms with Crippen LogP contribution in [0.15, 0.2) is 36.4 Å². The lowest BCUT2D eigenvalue weighted by molar-refractivity contribution is -0.757. The van der Waals surface area contributed by atoms with Crippen molar-refractivity contribution in [3.63, 3.8) is 0 Å². The van der Waals surface area contributed by atoms with Gasteiger partial charge in [0, 0.05) is 33.7 Å². The van der Waals surface area contributed by atoms with Crippen LogP contribution in [0.4, 0.5) is 0 Å². The van der Waals surface area contributed by atoms with Crippen molar-refractivity contribution in [2.75, 3.05) is 13.2 Å². The Morgan fingerprint density at radius 2 is 1.89 bits per heavy atom. The van der Waals surface area contributed by atoms with E-state index in [4.69, 9.17) is 20.9 Å². The summed E-state index contributed by atoms with van der Waals surface area (Å²) in [4.78, 5) is 43.5. The lowest BCUT2D eigenvalue weighted by atomic mass is 9.95. The van der Waals surface area contributed by atoms with E-state index in [9.17, 15) is 28.1 Å². The molecule has 14 heteroatoms. The molecule has 3 rings (SSSR count). The topological polar surface area (TPSA) is 184 Å². The second-order valence-corrected chi connectivity index (χ2v) is 9.03. The summed E-state index contributed by atoms with van der Waals surface area (Å²) in [6, 6.07) is 8.78. The number of nitrogens with two attached hydrogens (primary N) is 1. The van der Waals surface area contributed by atoms with E-state index in [1.807, 2.05) is 0 Å². The molecule has 186 valence electrons.